The Morgan fingerprint density at radius 1 is 1.43 bits per heavy atom. The quantitative estimate of drug-likeness (QED) is 0.667. The van der Waals surface area contributed by atoms with Crippen LogP contribution in [0.2, 0.25) is 0 Å². The molecule has 21 heavy (non-hydrogen) atoms. The number of nitro groups is 1. The van der Waals surface area contributed by atoms with Crippen molar-refractivity contribution in [2.24, 2.45) is 11.7 Å². The van der Waals surface area contributed by atoms with Gasteiger partial charge in [0.1, 0.15) is 0 Å². The highest BCUT2D eigenvalue weighted by Gasteiger charge is 2.28. The van der Waals surface area contributed by atoms with E-state index in [4.69, 9.17) is 5.73 Å². The molecule has 0 aliphatic carbocycles. The first kappa shape index (κ1) is 15.0. The number of likely N-dealkylation sites (tertiary alicyclic amines) is 1. The average molecular weight is 291 g/mol. The first-order valence-corrected chi connectivity index (χ1v) is 6.73. The molecule has 1 saturated heterocycles. The standard InChI is InChI=1S/C14H17N3O4/c1-9-4-5-10(7-12(9)17(20)21)14(19)16-6-2-3-11(8-16)13(15)18/h4-5,7,11H,2-3,6,8H2,1H3,(H2,15,18). The zero-order valence-corrected chi connectivity index (χ0v) is 11.7. The Balaban J connectivity index is 2.22. The van der Waals surface area contributed by atoms with Gasteiger partial charge in [0.2, 0.25) is 5.91 Å². The van der Waals surface area contributed by atoms with Crippen LogP contribution >= 0.6 is 0 Å². The van der Waals surface area contributed by atoms with E-state index >= 15 is 0 Å². The van der Waals surface area contributed by atoms with E-state index in [1.807, 2.05) is 0 Å². The number of benzene rings is 1. The van der Waals surface area contributed by atoms with Gasteiger partial charge < -0.3 is 10.6 Å². The number of nitrogens with two attached hydrogens (primary N) is 1. The maximum atomic E-state index is 12.4. The van der Waals surface area contributed by atoms with E-state index < -0.39 is 10.8 Å². The Morgan fingerprint density at radius 3 is 2.76 bits per heavy atom. The van der Waals surface area contributed by atoms with Crippen LogP contribution in [0, 0.1) is 23.0 Å². The largest absolute Gasteiger partial charge is 0.369 e. The van der Waals surface area contributed by atoms with Crippen LogP contribution < -0.4 is 5.73 Å². The van der Waals surface area contributed by atoms with Crippen LogP contribution in [0.1, 0.15) is 28.8 Å². The third kappa shape index (κ3) is 3.18. The average Bonchev–Trinajstić information content (AvgIpc) is 2.46. The maximum Gasteiger partial charge on any atom is 0.273 e. The number of aryl methyl sites for hydroxylation is 1. The number of hydrogen-bond donors (Lipinski definition) is 1. The van der Waals surface area contributed by atoms with Gasteiger partial charge in [-0.2, -0.15) is 0 Å². The van der Waals surface area contributed by atoms with E-state index in [2.05, 4.69) is 0 Å². The molecule has 7 heteroatoms. The molecule has 1 aromatic rings. The Hall–Kier alpha value is -2.44. The number of nitro benzene ring substituents is 1. The molecule has 1 aromatic carbocycles. The van der Waals surface area contributed by atoms with Gasteiger partial charge >= 0.3 is 0 Å². The van der Waals surface area contributed by atoms with Crippen molar-refractivity contribution in [2.45, 2.75) is 19.8 Å². The van der Waals surface area contributed by atoms with Gasteiger partial charge in [-0.15, -0.1) is 0 Å². The zero-order valence-electron chi connectivity index (χ0n) is 11.7. The maximum absolute atomic E-state index is 12.4. The third-order valence-electron chi connectivity index (χ3n) is 3.76. The summed E-state index contributed by atoms with van der Waals surface area (Å²) >= 11 is 0. The first-order chi connectivity index (χ1) is 9.90. The van der Waals surface area contributed by atoms with Crippen LogP contribution in [0.5, 0.6) is 0 Å². The highest BCUT2D eigenvalue weighted by Crippen LogP contribution is 2.22. The summed E-state index contributed by atoms with van der Waals surface area (Å²) < 4.78 is 0. The predicted octanol–water partition coefficient (Wildman–Crippen LogP) is 1.24. The molecular weight excluding hydrogens is 274 g/mol. The number of amides is 2. The number of piperidine rings is 1. The lowest BCUT2D eigenvalue weighted by Gasteiger charge is -2.31. The molecular formula is C14H17N3O4. The van der Waals surface area contributed by atoms with Crippen LogP contribution in [-0.4, -0.2) is 34.7 Å². The van der Waals surface area contributed by atoms with Gasteiger partial charge in [0, 0.05) is 30.3 Å². The fourth-order valence-corrected chi connectivity index (χ4v) is 2.52. The summed E-state index contributed by atoms with van der Waals surface area (Å²) in [6, 6.07) is 4.41. The molecule has 112 valence electrons. The van der Waals surface area contributed by atoms with Crippen molar-refractivity contribution in [1.82, 2.24) is 4.90 Å². The fraction of sp³-hybridized carbons (Fsp3) is 0.429. The van der Waals surface area contributed by atoms with E-state index in [-0.39, 0.29) is 29.6 Å². The van der Waals surface area contributed by atoms with Gasteiger partial charge in [0.15, 0.2) is 0 Å². The second kappa shape index (κ2) is 5.90. The van der Waals surface area contributed by atoms with Crippen molar-refractivity contribution >= 4 is 17.5 Å². The summed E-state index contributed by atoms with van der Waals surface area (Å²) in [6.07, 6.45) is 1.38. The Morgan fingerprint density at radius 2 is 2.14 bits per heavy atom. The smallest absolute Gasteiger partial charge is 0.273 e. The van der Waals surface area contributed by atoms with Crippen molar-refractivity contribution in [3.05, 3.63) is 39.4 Å². The minimum Gasteiger partial charge on any atom is -0.369 e. The van der Waals surface area contributed by atoms with Crippen LogP contribution in [0.15, 0.2) is 18.2 Å². The molecule has 2 N–H and O–H groups in total. The lowest BCUT2D eigenvalue weighted by Crippen LogP contribution is -2.44. The predicted molar refractivity (Wildman–Crippen MR) is 75.7 cm³/mol. The molecule has 1 aliphatic heterocycles. The van der Waals surface area contributed by atoms with Crippen molar-refractivity contribution in [3.63, 3.8) is 0 Å². The fourth-order valence-electron chi connectivity index (χ4n) is 2.52. The highest BCUT2D eigenvalue weighted by molar-refractivity contribution is 5.95. The van der Waals surface area contributed by atoms with E-state index in [1.165, 1.54) is 11.0 Å². The molecule has 2 rings (SSSR count). The van der Waals surface area contributed by atoms with Crippen molar-refractivity contribution in [1.29, 1.82) is 0 Å². The molecule has 0 bridgehead atoms. The van der Waals surface area contributed by atoms with E-state index in [0.717, 1.165) is 0 Å². The van der Waals surface area contributed by atoms with Gasteiger partial charge in [0.05, 0.1) is 10.8 Å². The molecule has 1 atom stereocenters. The first-order valence-electron chi connectivity index (χ1n) is 6.73. The molecule has 1 unspecified atom stereocenters. The van der Waals surface area contributed by atoms with Gasteiger partial charge in [-0.3, -0.25) is 19.7 Å². The summed E-state index contributed by atoms with van der Waals surface area (Å²) in [5.74, 6) is -1.06. The van der Waals surface area contributed by atoms with Gasteiger partial charge in [-0.05, 0) is 25.8 Å². The normalized spacial score (nSPS) is 18.3. The summed E-state index contributed by atoms with van der Waals surface area (Å²) in [4.78, 5) is 35.6. The highest BCUT2D eigenvalue weighted by atomic mass is 16.6. The van der Waals surface area contributed by atoms with Crippen LogP contribution in [0.25, 0.3) is 0 Å². The molecule has 7 nitrogen and oxygen atoms in total. The lowest BCUT2D eigenvalue weighted by atomic mass is 9.96. The van der Waals surface area contributed by atoms with Crippen molar-refractivity contribution in [2.75, 3.05) is 13.1 Å². The molecule has 1 fully saturated rings. The lowest BCUT2D eigenvalue weighted by molar-refractivity contribution is -0.385. The molecule has 0 radical (unpaired) electrons. The zero-order chi connectivity index (χ0) is 15.6. The summed E-state index contributed by atoms with van der Waals surface area (Å²) in [5, 5.41) is 10.9. The number of rotatable bonds is 3. The van der Waals surface area contributed by atoms with Crippen molar-refractivity contribution in [3.8, 4) is 0 Å². The SMILES string of the molecule is Cc1ccc(C(=O)N2CCCC(C(N)=O)C2)cc1[N+](=O)[O-]. The molecule has 1 aliphatic rings. The second-order valence-corrected chi connectivity index (χ2v) is 5.25. The second-order valence-electron chi connectivity index (χ2n) is 5.25. The van der Waals surface area contributed by atoms with Crippen molar-refractivity contribution < 1.29 is 14.5 Å². The number of primary amides is 1. The van der Waals surface area contributed by atoms with Gasteiger partial charge in [0.25, 0.3) is 11.6 Å². The van der Waals surface area contributed by atoms with E-state index in [1.54, 1.807) is 19.1 Å². The van der Waals surface area contributed by atoms with Crippen LogP contribution in [-0.2, 0) is 4.79 Å². The minimum absolute atomic E-state index is 0.0793. The molecule has 0 spiro atoms. The van der Waals surface area contributed by atoms with E-state index in [0.29, 0.717) is 24.9 Å². The van der Waals surface area contributed by atoms with Crippen LogP contribution in [0.3, 0.4) is 0 Å². The Kier molecular flexibility index (Phi) is 4.21. The Bertz CT molecular complexity index is 600. The molecule has 0 aromatic heterocycles. The topological polar surface area (TPSA) is 107 Å². The van der Waals surface area contributed by atoms with Gasteiger partial charge in [-0.25, -0.2) is 0 Å². The number of nitrogens with zero attached hydrogens (tertiary/aromatic N) is 2. The molecule has 2 amide bonds. The summed E-state index contributed by atoms with van der Waals surface area (Å²) in [5.41, 5.74) is 5.97. The minimum atomic E-state index is -0.505. The monoisotopic (exact) mass is 291 g/mol. The Labute approximate surface area is 121 Å². The van der Waals surface area contributed by atoms with Gasteiger partial charge in [-0.1, -0.05) is 6.07 Å². The molecule has 0 saturated carbocycles. The third-order valence-corrected chi connectivity index (χ3v) is 3.76. The van der Waals surface area contributed by atoms with E-state index in [9.17, 15) is 19.7 Å². The summed E-state index contributed by atoms with van der Waals surface area (Å²) in [7, 11) is 0. The number of hydrogen-bond acceptors (Lipinski definition) is 4. The van der Waals surface area contributed by atoms with Crippen LogP contribution in [0.4, 0.5) is 5.69 Å². The number of carbonyl (C=O) groups is 2. The summed E-state index contributed by atoms with van der Waals surface area (Å²) in [6.45, 7) is 2.43. The molecule has 1 heterocycles. The number of carbonyl (C=O) groups excluding carboxylic acids is 2.